The van der Waals surface area contributed by atoms with Crippen molar-refractivity contribution in [2.45, 2.75) is 6.54 Å². The summed E-state index contributed by atoms with van der Waals surface area (Å²) in [6, 6.07) is 12.4. The second-order valence-electron chi connectivity index (χ2n) is 4.83. The molecule has 0 bridgehead atoms. The number of nitrogens with one attached hydrogen (secondary N) is 2. The lowest BCUT2D eigenvalue weighted by Crippen LogP contribution is -2.23. The highest BCUT2D eigenvalue weighted by Crippen LogP contribution is 2.22. The molecule has 22 heavy (non-hydrogen) atoms. The van der Waals surface area contributed by atoms with Crippen molar-refractivity contribution in [3.05, 3.63) is 68.8 Å². The maximum atomic E-state index is 12.2. The van der Waals surface area contributed by atoms with Gasteiger partial charge in [0.2, 0.25) is 0 Å². The molecule has 6 heteroatoms. The van der Waals surface area contributed by atoms with Crippen molar-refractivity contribution < 1.29 is 4.79 Å². The first kappa shape index (κ1) is 15.2. The van der Waals surface area contributed by atoms with Gasteiger partial charge in [-0.05, 0) is 42.0 Å². The normalized spacial score (nSPS) is 10.9. The Kier molecular flexibility index (Phi) is 4.30. The number of hydrogen-bond donors (Lipinski definition) is 2. The molecule has 0 aliphatic rings. The first-order valence-corrected chi connectivity index (χ1v) is 7.67. The van der Waals surface area contributed by atoms with E-state index in [1.54, 1.807) is 36.4 Å². The number of halogens is 3. The minimum Gasteiger partial charge on any atom is -0.351 e. The standard InChI is InChI=1S/C16H11Cl3N2O/c17-11-3-4-14-10(5-11)6-15(21-14)16(22)20-8-9-1-2-12(18)7-13(9)19/h1-7,21H,8H2,(H,20,22). The number of fused-ring (bicyclic) bond motifs is 1. The quantitative estimate of drug-likeness (QED) is 0.679. The molecule has 3 nitrogen and oxygen atoms in total. The van der Waals surface area contributed by atoms with Crippen LogP contribution >= 0.6 is 34.8 Å². The topological polar surface area (TPSA) is 44.9 Å². The molecule has 3 rings (SSSR count). The van der Waals surface area contributed by atoms with Gasteiger partial charge in [0.1, 0.15) is 5.69 Å². The van der Waals surface area contributed by atoms with E-state index in [1.807, 2.05) is 6.07 Å². The number of benzene rings is 2. The number of carbonyl (C=O) groups excluding carboxylic acids is 1. The maximum Gasteiger partial charge on any atom is 0.267 e. The summed E-state index contributed by atoms with van der Waals surface area (Å²) in [5.74, 6) is -0.210. The SMILES string of the molecule is O=C(NCc1ccc(Cl)cc1Cl)c1cc2cc(Cl)ccc2[nH]1. The molecular weight excluding hydrogens is 343 g/mol. The molecule has 0 saturated carbocycles. The molecule has 0 saturated heterocycles. The molecule has 0 fully saturated rings. The Morgan fingerprint density at radius 1 is 1.00 bits per heavy atom. The van der Waals surface area contributed by atoms with Gasteiger partial charge in [-0.15, -0.1) is 0 Å². The zero-order chi connectivity index (χ0) is 15.7. The van der Waals surface area contributed by atoms with Gasteiger partial charge in [-0.2, -0.15) is 0 Å². The first-order valence-electron chi connectivity index (χ1n) is 6.53. The molecule has 0 unspecified atom stereocenters. The minimum atomic E-state index is -0.210. The van der Waals surface area contributed by atoms with Crippen LogP contribution in [0.2, 0.25) is 15.1 Å². The molecule has 0 aliphatic heterocycles. The molecule has 1 aromatic heterocycles. The van der Waals surface area contributed by atoms with Crippen molar-refractivity contribution in [2.75, 3.05) is 0 Å². The average molecular weight is 354 g/mol. The Hall–Kier alpha value is -1.68. The van der Waals surface area contributed by atoms with E-state index in [-0.39, 0.29) is 5.91 Å². The monoisotopic (exact) mass is 352 g/mol. The first-order chi connectivity index (χ1) is 10.5. The highest BCUT2D eigenvalue weighted by Gasteiger charge is 2.10. The van der Waals surface area contributed by atoms with Crippen LogP contribution in [0.25, 0.3) is 10.9 Å². The lowest BCUT2D eigenvalue weighted by molar-refractivity contribution is 0.0947. The maximum absolute atomic E-state index is 12.2. The third kappa shape index (κ3) is 3.22. The van der Waals surface area contributed by atoms with E-state index in [1.165, 1.54) is 0 Å². The van der Waals surface area contributed by atoms with Gasteiger partial charge in [0.15, 0.2) is 0 Å². The van der Waals surface area contributed by atoms with Crippen LogP contribution in [0.5, 0.6) is 0 Å². The van der Waals surface area contributed by atoms with Crippen molar-refractivity contribution in [1.82, 2.24) is 10.3 Å². The molecule has 0 spiro atoms. The van der Waals surface area contributed by atoms with Crippen LogP contribution in [-0.4, -0.2) is 10.9 Å². The van der Waals surface area contributed by atoms with Crippen molar-refractivity contribution in [1.29, 1.82) is 0 Å². The van der Waals surface area contributed by atoms with Crippen LogP contribution in [0.3, 0.4) is 0 Å². The molecule has 0 aliphatic carbocycles. The van der Waals surface area contributed by atoms with Crippen LogP contribution in [0, 0.1) is 0 Å². The summed E-state index contributed by atoms with van der Waals surface area (Å²) >= 11 is 17.9. The number of rotatable bonds is 3. The molecule has 0 radical (unpaired) electrons. The molecule has 112 valence electrons. The second kappa shape index (κ2) is 6.21. The minimum absolute atomic E-state index is 0.210. The van der Waals surface area contributed by atoms with E-state index in [0.717, 1.165) is 16.5 Å². The fraction of sp³-hybridized carbons (Fsp3) is 0.0625. The lowest BCUT2D eigenvalue weighted by Gasteiger charge is -2.06. The van der Waals surface area contributed by atoms with Gasteiger partial charge < -0.3 is 10.3 Å². The summed E-state index contributed by atoms with van der Waals surface area (Å²) in [6.07, 6.45) is 0. The van der Waals surface area contributed by atoms with E-state index in [0.29, 0.717) is 27.3 Å². The highest BCUT2D eigenvalue weighted by molar-refractivity contribution is 6.35. The Labute approximate surface area is 142 Å². The molecule has 0 atom stereocenters. The van der Waals surface area contributed by atoms with Crippen molar-refractivity contribution in [3.63, 3.8) is 0 Å². The van der Waals surface area contributed by atoms with Crippen LogP contribution < -0.4 is 5.32 Å². The summed E-state index contributed by atoms with van der Waals surface area (Å²) in [7, 11) is 0. The van der Waals surface area contributed by atoms with Crippen molar-refractivity contribution in [3.8, 4) is 0 Å². The zero-order valence-electron chi connectivity index (χ0n) is 11.3. The molecule has 3 aromatic rings. The van der Waals surface area contributed by atoms with E-state index in [2.05, 4.69) is 10.3 Å². The van der Waals surface area contributed by atoms with Gasteiger partial charge in [-0.3, -0.25) is 4.79 Å². The second-order valence-corrected chi connectivity index (χ2v) is 6.11. The fourth-order valence-electron chi connectivity index (χ4n) is 2.16. The molecule has 1 amide bonds. The van der Waals surface area contributed by atoms with Gasteiger partial charge in [0, 0.05) is 32.5 Å². The van der Waals surface area contributed by atoms with Gasteiger partial charge >= 0.3 is 0 Å². The predicted octanol–water partition coefficient (Wildman–Crippen LogP) is 5.06. The molecular formula is C16H11Cl3N2O. The van der Waals surface area contributed by atoms with Crippen LogP contribution in [0.1, 0.15) is 16.1 Å². The Bertz CT molecular complexity index is 858. The Balaban J connectivity index is 1.75. The van der Waals surface area contributed by atoms with E-state index >= 15 is 0 Å². The van der Waals surface area contributed by atoms with Crippen molar-refractivity contribution >= 4 is 51.6 Å². The van der Waals surface area contributed by atoms with E-state index in [9.17, 15) is 4.79 Å². The number of aromatic amines is 1. The van der Waals surface area contributed by atoms with Gasteiger partial charge in [0.05, 0.1) is 0 Å². The third-order valence-corrected chi connectivity index (χ3v) is 4.10. The van der Waals surface area contributed by atoms with Crippen LogP contribution in [-0.2, 0) is 6.54 Å². The average Bonchev–Trinajstić information content (AvgIpc) is 2.89. The number of H-pyrrole nitrogens is 1. The van der Waals surface area contributed by atoms with Gasteiger partial charge in [-0.25, -0.2) is 0 Å². The van der Waals surface area contributed by atoms with Crippen LogP contribution in [0.4, 0.5) is 0 Å². The zero-order valence-corrected chi connectivity index (χ0v) is 13.6. The van der Waals surface area contributed by atoms with Gasteiger partial charge in [0.25, 0.3) is 5.91 Å². The fourth-order valence-corrected chi connectivity index (χ4v) is 2.82. The smallest absolute Gasteiger partial charge is 0.267 e. The van der Waals surface area contributed by atoms with Gasteiger partial charge in [-0.1, -0.05) is 40.9 Å². The largest absolute Gasteiger partial charge is 0.351 e. The number of aromatic nitrogens is 1. The Morgan fingerprint density at radius 3 is 2.50 bits per heavy atom. The van der Waals surface area contributed by atoms with E-state index < -0.39 is 0 Å². The molecule has 2 aromatic carbocycles. The number of amides is 1. The van der Waals surface area contributed by atoms with E-state index in [4.69, 9.17) is 34.8 Å². The summed E-state index contributed by atoms with van der Waals surface area (Å²) in [5, 5.41) is 5.43. The lowest BCUT2D eigenvalue weighted by atomic mass is 10.2. The molecule has 1 heterocycles. The predicted molar refractivity (Wildman–Crippen MR) is 90.9 cm³/mol. The Morgan fingerprint density at radius 2 is 1.73 bits per heavy atom. The van der Waals surface area contributed by atoms with Crippen LogP contribution in [0.15, 0.2) is 42.5 Å². The summed E-state index contributed by atoms with van der Waals surface area (Å²) in [6.45, 7) is 0.324. The highest BCUT2D eigenvalue weighted by atomic mass is 35.5. The number of carbonyl (C=O) groups is 1. The van der Waals surface area contributed by atoms with Crippen molar-refractivity contribution in [2.24, 2.45) is 0 Å². The molecule has 2 N–H and O–H groups in total. The third-order valence-electron chi connectivity index (χ3n) is 3.28. The summed E-state index contributed by atoms with van der Waals surface area (Å²) < 4.78 is 0. The number of hydrogen-bond acceptors (Lipinski definition) is 1. The summed E-state index contributed by atoms with van der Waals surface area (Å²) in [4.78, 5) is 15.3. The summed E-state index contributed by atoms with van der Waals surface area (Å²) in [5.41, 5.74) is 2.14.